The molecule has 0 bridgehead atoms. The molecule has 0 saturated heterocycles. The lowest BCUT2D eigenvalue weighted by Crippen LogP contribution is -2.04. The average molecular weight is 265 g/mol. The molecule has 0 saturated carbocycles. The highest BCUT2D eigenvalue weighted by Gasteiger charge is 2.10. The maximum absolute atomic E-state index is 13.0. The van der Waals surface area contributed by atoms with E-state index in [-0.39, 0.29) is 12.2 Å². The number of nitrogens with zero attached hydrogens (tertiary/aromatic N) is 3. The molecule has 3 rings (SSSR count). The van der Waals surface area contributed by atoms with E-state index in [1.807, 2.05) is 28.8 Å². The second-order valence-electron chi connectivity index (χ2n) is 4.56. The van der Waals surface area contributed by atoms with Crippen LogP contribution in [0.2, 0.25) is 0 Å². The Morgan fingerprint density at radius 3 is 2.60 bits per heavy atom. The monoisotopic (exact) mass is 265 g/mol. The molecule has 0 unspecified atom stereocenters. The molecule has 2 aromatic carbocycles. The molecule has 0 N–H and O–H groups in total. The van der Waals surface area contributed by atoms with Crippen LogP contribution in [0.25, 0.3) is 11.0 Å². The normalized spacial score (nSPS) is 10.6. The van der Waals surface area contributed by atoms with Crippen LogP contribution in [0.1, 0.15) is 11.4 Å². The van der Waals surface area contributed by atoms with Crippen molar-refractivity contribution in [1.82, 2.24) is 9.55 Å². The van der Waals surface area contributed by atoms with Gasteiger partial charge in [0.2, 0.25) is 0 Å². The number of para-hydroxylation sites is 2. The van der Waals surface area contributed by atoms with Crippen LogP contribution in [0.15, 0.2) is 48.5 Å². The zero-order valence-electron chi connectivity index (χ0n) is 10.8. The molecule has 1 aromatic heterocycles. The SMILES string of the molecule is N#CCc1nc2ccccc2n1Cc1ccc(F)cc1. The number of aromatic nitrogens is 2. The van der Waals surface area contributed by atoms with Gasteiger partial charge in [0, 0.05) is 6.54 Å². The van der Waals surface area contributed by atoms with Crippen LogP contribution in [0.4, 0.5) is 4.39 Å². The largest absolute Gasteiger partial charge is 0.323 e. The zero-order valence-corrected chi connectivity index (χ0v) is 10.8. The summed E-state index contributed by atoms with van der Waals surface area (Å²) in [7, 11) is 0. The first-order valence-electron chi connectivity index (χ1n) is 6.33. The van der Waals surface area contributed by atoms with E-state index >= 15 is 0 Å². The fraction of sp³-hybridized carbons (Fsp3) is 0.125. The van der Waals surface area contributed by atoms with E-state index in [1.165, 1.54) is 12.1 Å². The first-order valence-corrected chi connectivity index (χ1v) is 6.33. The van der Waals surface area contributed by atoms with Gasteiger partial charge in [-0.3, -0.25) is 0 Å². The third-order valence-corrected chi connectivity index (χ3v) is 3.22. The molecule has 0 atom stereocenters. The van der Waals surface area contributed by atoms with Crippen molar-refractivity contribution in [3.8, 4) is 6.07 Å². The summed E-state index contributed by atoms with van der Waals surface area (Å²) < 4.78 is 15.0. The van der Waals surface area contributed by atoms with Crippen molar-refractivity contribution in [2.24, 2.45) is 0 Å². The molecule has 4 heteroatoms. The van der Waals surface area contributed by atoms with Crippen LogP contribution in [-0.2, 0) is 13.0 Å². The minimum absolute atomic E-state index is 0.249. The van der Waals surface area contributed by atoms with Gasteiger partial charge in [-0.25, -0.2) is 9.37 Å². The highest BCUT2D eigenvalue weighted by Crippen LogP contribution is 2.18. The van der Waals surface area contributed by atoms with Crippen molar-refractivity contribution >= 4 is 11.0 Å². The van der Waals surface area contributed by atoms with Crippen molar-refractivity contribution in [3.05, 3.63) is 65.7 Å². The van der Waals surface area contributed by atoms with Crippen molar-refractivity contribution in [2.75, 3.05) is 0 Å². The molecule has 0 radical (unpaired) electrons. The summed E-state index contributed by atoms with van der Waals surface area (Å²) in [5, 5.41) is 8.92. The van der Waals surface area contributed by atoms with E-state index in [1.54, 1.807) is 12.1 Å². The molecule has 0 aliphatic carbocycles. The third kappa shape index (κ3) is 2.26. The van der Waals surface area contributed by atoms with Gasteiger partial charge in [0.05, 0.1) is 23.5 Å². The van der Waals surface area contributed by atoms with Gasteiger partial charge in [0.25, 0.3) is 0 Å². The molecule has 0 amide bonds. The van der Waals surface area contributed by atoms with Crippen molar-refractivity contribution in [2.45, 2.75) is 13.0 Å². The van der Waals surface area contributed by atoms with E-state index < -0.39 is 0 Å². The van der Waals surface area contributed by atoms with Crippen molar-refractivity contribution < 1.29 is 4.39 Å². The van der Waals surface area contributed by atoms with Gasteiger partial charge in [-0.2, -0.15) is 5.26 Å². The Labute approximate surface area is 115 Å². The van der Waals surface area contributed by atoms with E-state index in [4.69, 9.17) is 5.26 Å². The minimum Gasteiger partial charge on any atom is -0.323 e. The summed E-state index contributed by atoms with van der Waals surface area (Å²) in [4.78, 5) is 4.48. The van der Waals surface area contributed by atoms with Gasteiger partial charge in [-0.05, 0) is 29.8 Å². The van der Waals surface area contributed by atoms with Gasteiger partial charge < -0.3 is 4.57 Å². The zero-order chi connectivity index (χ0) is 13.9. The molecule has 0 fully saturated rings. The Morgan fingerprint density at radius 1 is 1.10 bits per heavy atom. The van der Waals surface area contributed by atoms with Crippen LogP contribution < -0.4 is 0 Å². The number of hydrogen-bond acceptors (Lipinski definition) is 2. The van der Waals surface area contributed by atoms with Crippen LogP contribution in [0.3, 0.4) is 0 Å². The maximum atomic E-state index is 13.0. The Morgan fingerprint density at radius 2 is 1.85 bits per heavy atom. The van der Waals surface area contributed by atoms with Gasteiger partial charge >= 0.3 is 0 Å². The lowest BCUT2D eigenvalue weighted by atomic mass is 10.2. The third-order valence-electron chi connectivity index (χ3n) is 3.22. The topological polar surface area (TPSA) is 41.6 Å². The maximum Gasteiger partial charge on any atom is 0.124 e. The molecule has 0 spiro atoms. The predicted molar refractivity (Wildman–Crippen MR) is 74.6 cm³/mol. The first kappa shape index (κ1) is 12.4. The summed E-state index contributed by atoms with van der Waals surface area (Å²) in [6.45, 7) is 0.581. The first-order chi connectivity index (χ1) is 9.78. The lowest BCUT2D eigenvalue weighted by Gasteiger charge is -2.07. The number of halogens is 1. The number of hydrogen-bond donors (Lipinski definition) is 0. The summed E-state index contributed by atoms with van der Waals surface area (Å²) >= 11 is 0. The minimum atomic E-state index is -0.249. The summed E-state index contributed by atoms with van der Waals surface area (Å²) in [6, 6.07) is 16.3. The standard InChI is InChI=1S/C16H12FN3/c17-13-7-5-12(6-8-13)11-20-15-4-2-1-3-14(15)19-16(20)9-10-18/h1-8H,9,11H2. The van der Waals surface area contributed by atoms with E-state index in [0.717, 1.165) is 22.4 Å². The van der Waals surface area contributed by atoms with E-state index in [0.29, 0.717) is 6.54 Å². The molecular weight excluding hydrogens is 253 g/mol. The molecule has 98 valence electrons. The summed E-state index contributed by atoms with van der Waals surface area (Å²) in [6.07, 6.45) is 0.260. The van der Waals surface area contributed by atoms with Gasteiger partial charge in [-0.1, -0.05) is 24.3 Å². The molecule has 20 heavy (non-hydrogen) atoms. The number of imidazole rings is 1. The Kier molecular flexibility index (Phi) is 3.18. The van der Waals surface area contributed by atoms with E-state index in [2.05, 4.69) is 11.1 Å². The van der Waals surface area contributed by atoms with Gasteiger partial charge in [0.15, 0.2) is 0 Å². The smallest absolute Gasteiger partial charge is 0.124 e. The van der Waals surface area contributed by atoms with Gasteiger partial charge in [0.1, 0.15) is 11.6 Å². The number of benzene rings is 2. The Hall–Kier alpha value is -2.67. The fourth-order valence-electron chi connectivity index (χ4n) is 2.28. The van der Waals surface area contributed by atoms with Crippen molar-refractivity contribution in [1.29, 1.82) is 5.26 Å². The summed E-state index contributed by atoms with van der Waals surface area (Å²) in [5.41, 5.74) is 2.84. The quantitative estimate of drug-likeness (QED) is 0.729. The fourth-order valence-corrected chi connectivity index (χ4v) is 2.28. The molecule has 3 nitrogen and oxygen atoms in total. The number of rotatable bonds is 3. The molecular formula is C16H12FN3. The van der Waals surface area contributed by atoms with Crippen LogP contribution >= 0.6 is 0 Å². The van der Waals surface area contributed by atoms with Crippen LogP contribution in [0.5, 0.6) is 0 Å². The lowest BCUT2D eigenvalue weighted by molar-refractivity contribution is 0.626. The van der Waals surface area contributed by atoms with Gasteiger partial charge in [-0.15, -0.1) is 0 Å². The highest BCUT2D eigenvalue weighted by molar-refractivity contribution is 5.76. The molecule has 1 heterocycles. The Balaban J connectivity index is 2.06. The number of fused-ring (bicyclic) bond motifs is 1. The average Bonchev–Trinajstić information content (AvgIpc) is 2.80. The second kappa shape index (κ2) is 5.14. The molecule has 0 aliphatic heterocycles. The van der Waals surface area contributed by atoms with Crippen LogP contribution in [-0.4, -0.2) is 9.55 Å². The van der Waals surface area contributed by atoms with Crippen LogP contribution in [0, 0.1) is 17.1 Å². The van der Waals surface area contributed by atoms with Crippen molar-refractivity contribution in [3.63, 3.8) is 0 Å². The highest BCUT2D eigenvalue weighted by atomic mass is 19.1. The van der Waals surface area contributed by atoms with E-state index in [9.17, 15) is 4.39 Å². The molecule has 3 aromatic rings. The Bertz CT molecular complexity index is 782. The molecule has 0 aliphatic rings. The predicted octanol–water partition coefficient (Wildman–Crippen LogP) is 3.29. The summed E-state index contributed by atoms with van der Waals surface area (Å²) in [5.74, 6) is 0.486. The second-order valence-corrected chi connectivity index (χ2v) is 4.56. The number of nitriles is 1.